The third-order valence-corrected chi connectivity index (χ3v) is 2.19. The third kappa shape index (κ3) is 1.17. The molecular weight excluding hydrogens is 176 g/mol. The van der Waals surface area contributed by atoms with Crippen molar-refractivity contribution >= 4 is 10.9 Å². The zero-order valence-electron chi connectivity index (χ0n) is 7.66. The maximum absolute atomic E-state index is 11.5. The molecule has 0 spiro atoms. The van der Waals surface area contributed by atoms with Crippen LogP contribution in [0.15, 0.2) is 29.1 Å². The first-order valence-electron chi connectivity index (χ1n) is 4.25. The molecule has 0 unspecified atom stereocenters. The van der Waals surface area contributed by atoms with Crippen LogP contribution in [0.1, 0.15) is 11.3 Å². The van der Waals surface area contributed by atoms with Crippen LogP contribution < -0.4 is 5.43 Å². The largest absolute Gasteiger partial charge is 0.346 e. The Labute approximate surface area is 80.6 Å². The Bertz CT molecular complexity index is 590. The highest BCUT2D eigenvalue weighted by molar-refractivity contribution is 5.81. The summed E-state index contributed by atoms with van der Waals surface area (Å²) in [4.78, 5) is 14.5. The molecule has 1 heterocycles. The van der Waals surface area contributed by atoms with Gasteiger partial charge in [-0.2, -0.15) is 5.26 Å². The Kier molecular flexibility index (Phi) is 1.83. The number of para-hydroxylation sites is 1. The summed E-state index contributed by atoms with van der Waals surface area (Å²) in [5, 5.41) is 9.32. The molecule has 0 amide bonds. The molecule has 1 aromatic heterocycles. The molecule has 68 valence electrons. The lowest BCUT2D eigenvalue weighted by atomic mass is 10.1. The topological polar surface area (TPSA) is 56.6 Å². The lowest BCUT2D eigenvalue weighted by molar-refractivity contribution is 1.29. The number of nitrogens with one attached hydrogen (secondary N) is 1. The van der Waals surface area contributed by atoms with Crippen LogP contribution in [-0.4, -0.2) is 4.98 Å². The Hall–Kier alpha value is -2.08. The van der Waals surface area contributed by atoms with Gasteiger partial charge in [0, 0.05) is 11.5 Å². The number of nitrogens with zero attached hydrogens (tertiary/aromatic N) is 1. The minimum Gasteiger partial charge on any atom is -0.346 e. The van der Waals surface area contributed by atoms with Crippen molar-refractivity contribution in [2.75, 3.05) is 0 Å². The third-order valence-electron chi connectivity index (χ3n) is 2.19. The van der Waals surface area contributed by atoms with Crippen LogP contribution >= 0.6 is 0 Å². The van der Waals surface area contributed by atoms with E-state index in [4.69, 9.17) is 5.26 Å². The summed E-state index contributed by atoms with van der Waals surface area (Å²) in [6.45, 7) is 1.90. The molecule has 1 N–H and O–H groups in total. The van der Waals surface area contributed by atoms with Crippen molar-refractivity contribution in [3.05, 3.63) is 45.7 Å². The second kappa shape index (κ2) is 3.00. The average Bonchev–Trinajstić information content (AvgIpc) is 2.19. The molecule has 0 atom stereocenters. The van der Waals surface area contributed by atoms with Crippen LogP contribution in [0, 0.1) is 18.3 Å². The second-order valence-electron chi connectivity index (χ2n) is 3.16. The summed E-state index contributed by atoms with van der Waals surface area (Å²) in [7, 11) is 0. The number of benzene rings is 1. The maximum atomic E-state index is 11.5. The molecule has 0 saturated carbocycles. The molecule has 2 aromatic rings. The number of nitriles is 1. The van der Waals surface area contributed by atoms with Gasteiger partial charge in [0.15, 0.2) is 5.43 Å². The van der Waals surface area contributed by atoms with Gasteiger partial charge in [0.1, 0.15) is 11.8 Å². The highest BCUT2D eigenvalue weighted by Crippen LogP contribution is 2.12. The van der Waals surface area contributed by atoms with E-state index in [2.05, 4.69) is 4.98 Å². The van der Waals surface area contributed by atoms with E-state index in [0.29, 0.717) is 11.1 Å². The van der Waals surface area contributed by atoms with Crippen molar-refractivity contribution in [3.63, 3.8) is 0 Å². The number of hydrogen-bond donors (Lipinski definition) is 1. The quantitative estimate of drug-likeness (QED) is 0.677. The summed E-state index contributed by atoms with van der Waals surface area (Å²) >= 11 is 0. The molecule has 0 aliphatic rings. The zero-order valence-corrected chi connectivity index (χ0v) is 7.66. The van der Waals surface area contributed by atoms with E-state index in [9.17, 15) is 4.79 Å². The number of H-pyrrole nitrogens is 1. The summed E-state index contributed by atoms with van der Waals surface area (Å²) in [6, 6.07) is 8.74. The number of rotatable bonds is 0. The first-order chi connectivity index (χ1) is 6.72. The predicted molar refractivity (Wildman–Crippen MR) is 54.0 cm³/mol. The minimum atomic E-state index is -0.112. The minimum absolute atomic E-state index is 0.112. The predicted octanol–water partition coefficient (Wildman–Crippen LogP) is 1.71. The summed E-state index contributed by atoms with van der Waals surface area (Å²) in [6.07, 6.45) is 0. The summed E-state index contributed by atoms with van der Waals surface area (Å²) in [5.41, 5.74) is 1.91. The molecule has 0 fully saturated rings. The van der Waals surface area contributed by atoms with Gasteiger partial charge in [0.25, 0.3) is 0 Å². The Balaban J connectivity index is 3.00. The number of aryl methyl sites for hydroxylation is 1. The molecule has 0 bridgehead atoms. The normalized spacial score (nSPS) is 10.0. The molecule has 14 heavy (non-hydrogen) atoms. The number of aromatic nitrogens is 1. The molecule has 3 heteroatoms. The summed E-state index contributed by atoms with van der Waals surface area (Å²) < 4.78 is 0. The van der Waals surface area contributed by atoms with Crippen LogP contribution in [0.4, 0.5) is 0 Å². The molecule has 0 radical (unpaired) electrons. The van der Waals surface area contributed by atoms with Gasteiger partial charge in [-0.25, -0.2) is 0 Å². The van der Waals surface area contributed by atoms with Crippen LogP contribution in [0.2, 0.25) is 0 Å². The molecule has 0 saturated heterocycles. The van der Waals surface area contributed by atoms with E-state index in [0.717, 1.165) is 11.1 Å². The van der Waals surface area contributed by atoms with Gasteiger partial charge in [0.2, 0.25) is 0 Å². The molecule has 1 aromatic carbocycles. The van der Waals surface area contributed by atoms with E-state index in [1.807, 2.05) is 25.1 Å². The number of hydrogen-bond acceptors (Lipinski definition) is 2. The Morgan fingerprint density at radius 2 is 2.21 bits per heavy atom. The van der Waals surface area contributed by atoms with Gasteiger partial charge in [-0.1, -0.05) is 12.1 Å². The first-order valence-corrected chi connectivity index (χ1v) is 4.25. The Morgan fingerprint density at radius 3 is 2.93 bits per heavy atom. The van der Waals surface area contributed by atoms with Crippen LogP contribution in [0.5, 0.6) is 0 Å². The highest BCUT2D eigenvalue weighted by atomic mass is 16.1. The van der Waals surface area contributed by atoms with Crippen LogP contribution in [0.3, 0.4) is 0 Å². The molecule has 0 aliphatic carbocycles. The Morgan fingerprint density at radius 1 is 1.43 bits per heavy atom. The molecule has 3 nitrogen and oxygen atoms in total. The van der Waals surface area contributed by atoms with Gasteiger partial charge >= 0.3 is 0 Å². The van der Waals surface area contributed by atoms with Crippen molar-refractivity contribution in [3.8, 4) is 6.07 Å². The SMILES string of the molecule is Cc1cccc2c(=O)cc(C#N)[nH]c12. The van der Waals surface area contributed by atoms with Gasteiger partial charge in [0.05, 0.1) is 5.52 Å². The van der Waals surface area contributed by atoms with Crippen molar-refractivity contribution in [2.45, 2.75) is 6.92 Å². The van der Waals surface area contributed by atoms with Crippen molar-refractivity contribution in [1.82, 2.24) is 4.98 Å². The van der Waals surface area contributed by atoms with Crippen LogP contribution in [0.25, 0.3) is 10.9 Å². The van der Waals surface area contributed by atoms with E-state index >= 15 is 0 Å². The molecular formula is C11H8N2O. The number of fused-ring (bicyclic) bond motifs is 1. The van der Waals surface area contributed by atoms with Crippen molar-refractivity contribution in [1.29, 1.82) is 5.26 Å². The standard InChI is InChI=1S/C11H8N2O/c1-7-3-2-4-9-10(14)5-8(6-12)13-11(7)9/h2-5H,1H3,(H,13,14). The lowest BCUT2D eigenvalue weighted by Gasteiger charge is -2.01. The van der Waals surface area contributed by atoms with E-state index in [1.54, 1.807) is 6.07 Å². The van der Waals surface area contributed by atoms with Crippen molar-refractivity contribution < 1.29 is 0 Å². The highest BCUT2D eigenvalue weighted by Gasteiger charge is 2.02. The second-order valence-corrected chi connectivity index (χ2v) is 3.16. The average molecular weight is 184 g/mol. The summed E-state index contributed by atoms with van der Waals surface area (Å²) in [5.74, 6) is 0. The first kappa shape index (κ1) is 8.52. The fraction of sp³-hybridized carbons (Fsp3) is 0.0909. The maximum Gasteiger partial charge on any atom is 0.190 e. The molecule has 0 aliphatic heterocycles. The van der Waals surface area contributed by atoms with E-state index in [-0.39, 0.29) is 5.43 Å². The monoisotopic (exact) mass is 184 g/mol. The zero-order chi connectivity index (χ0) is 10.1. The van der Waals surface area contributed by atoms with Crippen molar-refractivity contribution in [2.24, 2.45) is 0 Å². The number of aromatic amines is 1. The lowest BCUT2D eigenvalue weighted by Crippen LogP contribution is -2.03. The van der Waals surface area contributed by atoms with Crippen LogP contribution in [-0.2, 0) is 0 Å². The van der Waals surface area contributed by atoms with Gasteiger partial charge < -0.3 is 4.98 Å². The number of pyridine rings is 1. The van der Waals surface area contributed by atoms with Gasteiger partial charge in [-0.3, -0.25) is 4.79 Å². The van der Waals surface area contributed by atoms with E-state index in [1.165, 1.54) is 6.07 Å². The fourth-order valence-corrected chi connectivity index (χ4v) is 1.48. The fourth-order valence-electron chi connectivity index (χ4n) is 1.48. The molecule has 2 rings (SSSR count). The van der Waals surface area contributed by atoms with Gasteiger partial charge in [-0.05, 0) is 18.6 Å². The van der Waals surface area contributed by atoms with E-state index < -0.39 is 0 Å². The smallest absolute Gasteiger partial charge is 0.190 e. The van der Waals surface area contributed by atoms with Gasteiger partial charge in [-0.15, -0.1) is 0 Å².